The van der Waals surface area contributed by atoms with E-state index in [4.69, 9.17) is 5.73 Å². The van der Waals surface area contributed by atoms with Gasteiger partial charge in [-0.1, -0.05) is 0 Å². The lowest BCUT2D eigenvalue weighted by Crippen LogP contribution is -2.45. The number of fused-ring (bicyclic) bond motifs is 2. The average molecular weight is 438 g/mol. The lowest BCUT2D eigenvalue weighted by molar-refractivity contribution is -0.139. The van der Waals surface area contributed by atoms with E-state index in [0.717, 1.165) is 19.3 Å². The van der Waals surface area contributed by atoms with Crippen LogP contribution < -0.4 is 5.73 Å². The van der Waals surface area contributed by atoms with E-state index in [0.29, 0.717) is 41.9 Å². The first-order valence-corrected chi connectivity index (χ1v) is 11.3. The first-order valence-electron chi connectivity index (χ1n) is 11.3. The molecular weight excluding hydrogens is 410 g/mol. The van der Waals surface area contributed by atoms with Crippen LogP contribution in [0.15, 0.2) is 18.3 Å². The molecule has 9 nitrogen and oxygen atoms in total. The predicted molar refractivity (Wildman–Crippen MR) is 114 cm³/mol. The molecule has 0 unspecified atom stereocenters. The van der Waals surface area contributed by atoms with Crippen LogP contribution in [-0.4, -0.2) is 55.1 Å². The second-order valence-corrected chi connectivity index (χ2v) is 9.50. The van der Waals surface area contributed by atoms with E-state index >= 15 is 0 Å². The quantitative estimate of drug-likeness (QED) is 0.654. The van der Waals surface area contributed by atoms with Gasteiger partial charge in [0.2, 0.25) is 11.8 Å². The molecule has 2 aliphatic carbocycles. The summed E-state index contributed by atoms with van der Waals surface area (Å²) in [5, 5.41) is 4.97. The van der Waals surface area contributed by atoms with Gasteiger partial charge in [-0.05, 0) is 56.1 Å². The van der Waals surface area contributed by atoms with Crippen molar-refractivity contribution in [1.82, 2.24) is 19.7 Å². The van der Waals surface area contributed by atoms with Crippen LogP contribution in [-0.2, 0) is 20.9 Å². The van der Waals surface area contributed by atoms with Gasteiger partial charge >= 0.3 is 0 Å². The maximum absolute atomic E-state index is 13.3. The number of carbonyl (C=O) groups is 4. The van der Waals surface area contributed by atoms with Gasteiger partial charge in [-0.25, -0.2) is 9.67 Å². The molecule has 1 aliphatic heterocycles. The maximum Gasteiger partial charge on any atom is 0.245 e. The standard InChI is InChI=1S/C23H27N5O4/c1-12(29)21-16-3-2-6-25-23(16)27(26-21)11-20(31)28-17-9-15(17)10-18(28)19(30)8-13-4-5-14(7-13)22(24)32/h2-3,6,13-15,17-18H,4-5,7-11H2,1H3,(H2,24,32)/t13-,14-,15-,17-,18+/m1/s1. The van der Waals surface area contributed by atoms with Crippen molar-refractivity contribution >= 4 is 34.4 Å². The lowest BCUT2D eigenvalue weighted by atomic mass is 9.94. The highest BCUT2D eigenvalue weighted by Crippen LogP contribution is 2.49. The summed E-state index contributed by atoms with van der Waals surface area (Å²) < 4.78 is 1.47. The Balaban J connectivity index is 1.31. The highest BCUT2D eigenvalue weighted by atomic mass is 16.2. The molecule has 5 rings (SSSR count). The Labute approximate surface area is 185 Å². The van der Waals surface area contributed by atoms with E-state index in [1.165, 1.54) is 11.6 Å². The summed E-state index contributed by atoms with van der Waals surface area (Å²) in [6.45, 7) is 1.39. The summed E-state index contributed by atoms with van der Waals surface area (Å²) in [6, 6.07) is 3.20. The molecule has 0 radical (unpaired) electrons. The topological polar surface area (TPSA) is 128 Å². The molecular formula is C23H27N5O4. The third-order valence-electron chi connectivity index (χ3n) is 7.32. The molecule has 3 heterocycles. The maximum atomic E-state index is 13.3. The molecule has 2 aromatic rings. The zero-order chi connectivity index (χ0) is 22.6. The van der Waals surface area contributed by atoms with Crippen LogP contribution in [0.2, 0.25) is 0 Å². The van der Waals surface area contributed by atoms with E-state index in [9.17, 15) is 19.2 Å². The SMILES string of the molecule is CC(=O)c1nn(CC(=O)N2[C@@H]3C[C@@H]3C[C@H]2C(=O)C[C@@H]2CC[C@@H](C(N)=O)C2)c2ncccc12. The van der Waals surface area contributed by atoms with Crippen molar-refractivity contribution in [3.63, 3.8) is 0 Å². The monoisotopic (exact) mass is 437 g/mol. The van der Waals surface area contributed by atoms with Crippen molar-refractivity contribution in [3.8, 4) is 0 Å². The molecule has 3 fully saturated rings. The van der Waals surface area contributed by atoms with Gasteiger partial charge < -0.3 is 10.6 Å². The second-order valence-electron chi connectivity index (χ2n) is 9.50. The van der Waals surface area contributed by atoms with Gasteiger partial charge in [0.1, 0.15) is 12.2 Å². The highest BCUT2D eigenvalue weighted by Gasteiger charge is 2.55. The average Bonchev–Trinajstić information content (AvgIpc) is 3.10. The zero-order valence-corrected chi connectivity index (χ0v) is 18.1. The van der Waals surface area contributed by atoms with Crippen LogP contribution in [0, 0.1) is 17.8 Å². The molecule has 0 bridgehead atoms. The van der Waals surface area contributed by atoms with Gasteiger partial charge in [-0.3, -0.25) is 19.2 Å². The number of Topliss-reactive ketones (excluding diaryl/α,β-unsaturated/α-hetero) is 2. The number of carbonyl (C=O) groups excluding carboxylic acids is 4. The molecule has 1 saturated heterocycles. The van der Waals surface area contributed by atoms with Crippen molar-refractivity contribution in [1.29, 1.82) is 0 Å². The molecule has 3 aliphatic rings. The fourth-order valence-electron chi connectivity index (χ4n) is 5.63. The van der Waals surface area contributed by atoms with E-state index in [1.54, 1.807) is 23.2 Å². The van der Waals surface area contributed by atoms with Gasteiger partial charge in [0.25, 0.3) is 0 Å². The number of amides is 2. The molecule has 0 aromatic carbocycles. The van der Waals surface area contributed by atoms with E-state index in [2.05, 4.69) is 10.1 Å². The molecule has 9 heteroatoms. The summed E-state index contributed by atoms with van der Waals surface area (Å²) >= 11 is 0. The highest BCUT2D eigenvalue weighted by molar-refractivity contribution is 6.04. The number of hydrogen-bond donors (Lipinski definition) is 1. The summed E-state index contributed by atoms with van der Waals surface area (Å²) in [6.07, 6.45) is 5.85. The van der Waals surface area contributed by atoms with E-state index < -0.39 is 6.04 Å². The Bertz CT molecular complexity index is 1120. The number of aromatic nitrogens is 3. The summed E-state index contributed by atoms with van der Waals surface area (Å²) in [5.41, 5.74) is 6.21. The van der Waals surface area contributed by atoms with Crippen molar-refractivity contribution < 1.29 is 19.2 Å². The zero-order valence-electron chi connectivity index (χ0n) is 18.1. The number of pyridine rings is 1. The first-order chi connectivity index (χ1) is 15.3. The largest absolute Gasteiger partial charge is 0.369 e. The molecule has 2 N–H and O–H groups in total. The van der Waals surface area contributed by atoms with Gasteiger partial charge in [0, 0.05) is 31.5 Å². The second kappa shape index (κ2) is 7.79. The Kier molecular flexibility index (Phi) is 5.06. The Hall–Kier alpha value is -3.10. The number of nitrogens with zero attached hydrogens (tertiary/aromatic N) is 4. The number of rotatable bonds is 7. The fraction of sp³-hybridized carbons (Fsp3) is 0.565. The molecule has 32 heavy (non-hydrogen) atoms. The van der Waals surface area contributed by atoms with Crippen molar-refractivity contribution in [2.75, 3.05) is 0 Å². The molecule has 2 saturated carbocycles. The normalized spacial score (nSPS) is 28.7. The Morgan fingerprint density at radius 3 is 2.69 bits per heavy atom. The summed E-state index contributed by atoms with van der Waals surface area (Å²) in [5.74, 6) is -0.159. The van der Waals surface area contributed by atoms with Crippen LogP contribution in [0.25, 0.3) is 11.0 Å². The number of primary amides is 1. The van der Waals surface area contributed by atoms with Crippen molar-refractivity contribution in [3.05, 3.63) is 24.0 Å². The van der Waals surface area contributed by atoms with Crippen LogP contribution in [0.5, 0.6) is 0 Å². The van der Waals surface area contributed by atoms with Crippen molar-refractivity contribution in [2.24, 2.45) is 23.5 Å². The van der Waals surface area contributed by atoms with Crippen LogP contribution >= 0.6 is 0 Å². The number of hydrogen-bond acceptors (Lipinski definition) is 6. The number of ketones is 2. The van der Waals surface area contributed by atoms with Gasteiger partial charge in [0.15, 0.2) is 17.2 Å². The van der Waals surface area contributed by atoms with Gasteiger partial charge in [-0.15, -0.1) is 0 Å². The van der Waals surface area contributed by atoms with E-state index in [-0.39, 0.29) is 47.8 Å². The minimum atomic E-state index is -0.416. The number of likely N-dealkylation sites (tertiary alicyclic amines) is 1. The van der Waals surface area contributed by atoms with Crippen LogP contribution in [0.4, 0.5) is 0 Å². The molecule has 168 valence electrons. The smallest absolute Gasteiger partial charge is 0.245 e. The Morgan fingerprint density at radius 1 is 1.16 bits per heavy atom. The molecule has 5 atom stereocenters. The summed E-state index contributed by atoms with van der Waals surface area (Å²) in [7, 11) is 0. The third-order valence-corrected chi connectivity index (χ3v) is 7.32. The molecule has 2 aromatic heterocycles. The molecule has 0 spiro atoms. The fourth-order valence-corrected chi connectivity index (χ4v) is 5.63. The number of piperidine rings is 1. The van der Waals surface area contributed by atoms with Crippen molar-refractivity contribution in [2.45, 2.75) is 64.1 Å². The predicted octanol–water partition coefficient (Wildman–Crippen LogP) is 1.48. The number of nitrogens with two attached hydrogens (primary N) is 1. The Morgan fingerprint density at radius 2 is 1.97 bits per heavy atom. The van der Waals surface area contributed by atoms with Crippen LogP contribution in [0.3, 0.4) is 0 Å². The van der Waals surface area contributed by atoms with Gasteiger partial charge in [-0.2, -0.15) is 5.10 Å². The van der Waals surface area contributed by atoms with E-state index in [1.807, 2.05) is 0 Å². The third kappa shape index (κ3) is 3.59. The van der Waals surface area contributed by atoms with Crippen LogP contribution in [0.1, 0.15) is 55.9 Å². The lowest BCUT2D eigenvalue weighted by Gasteiger charge is -2.27. The minimum Gasteiger partial charge on any atom is -0.369 e. The summed E-state index contributed by atoms with van der Waals surface area (Å²) in [4.78, 5) is 55.9. The minimum absolute atomic E-state index is 0.0546. The van der Waals surface area contributed by atoms with Gasteiger partial charge in [0.05, 0.1) is 11.4 Å². The first kappa shape index (κ1) is 20.8. The molecule has 2 amide bonds.